The van der Waals surface area contributed by atoms with Crippen molar-refractivity contribution >= 4 is 23.6 Å². The molecule has 1 unspecified atom stereocenters. The normalized spacial score (nSPS) is 17.7. The van der Waals surface area contributed by atoms with Crippen LogP contribution in [0.25, 0.3) is 0 Å². The van der Waals surface area contributed by atoms with Crippen LogP contribution < -0.4 is 0 Å². The van der Waals surface area contributed by atoms with Gasteiger partial charge in [-0.2, -0.15) is 0 Å². The van der Waals surface area contributed by atoms with Crippen molar-refractivity contribution in [2.45, 2.75) is 32.4 Å². The van der Waals surface area contributed by atoms with Gasteiger partial charge in [0.05, 0.1) is 0 Å². The van der Waals surface area contributed by atoms with Crippen LogP contribution in [0.2, 0.25) is 0 Å². The largest absolute Gasteiger partial charge is 0.459 e. The third-order valence-corrected chi connectivity index (χ3v) is 3.23. The molecule has 1 fully saturated rings. The van der Waals surface area contributed by atoms with Crippen molar-refractivity contribution in [3.8, 4) is 0 Å². The van der Waals surface area contributed by atoms with Crippen molar-refractivity contribution in [3.63, 3.8) is 0 Å². The standard InChI is InChI=1S/C15H15NO5/c1-10(17)14(19)16-12(7-8-13(16)18)15(20)21-9-11-5-3-2-4-6-11/h2-6,12H,7-9H2,1H3. The lowest BCUT2D eigenvalue weighted by atomic mass is 10.2. The van der Waals surface area contributed by atoms with Crippen LogP contribution >= 0.6 is 0 Å². The molecule has 0 aliphatic carbocycles. The zero-order valence-electron chi connectivity index (χ0n) is 11.6. The van der Waals surface area contributed by atoms with E-state index in [1.54, 1.807) is 12.1 Å². The fraction of sp³-hybridized carbons (Fsp3) is 0.333. The van der Waals surface area contributed by atoms with Gasteiger partial charge in [-0.15, -0.1) is 0 Å². The van der Waals surface area contributed by atoms with E-state index in [-0.39, 0.29) is 19.4 Å². The smallest absolute Gasteiger partial charge is 0.329 e. The molecule has 0 saturated carbocycles. The summed E-state index contributed by atoms with van der Waals surface area (Å²) in [6.07, 6.45) is 0.246. The Hall–Kier alpha value is -2.50. The predicted octanol–water partition coefficient (Wildman–Crippen LogP) is 0.836. The minimum atomic E-state index is -1.00. The van der Waals surface area contributed by atoms with E-state index in [0.717, 1.165) is 17.4 Å². The number of rotatable bonds is 4. The Labute approximate surface area is 121 Å². The van der Waals surface area contributed by atoms with Gasteiger partial charge in [-0.3, -0.25) is 19.3 Å². The van der Waals surface area contributed by atoms with Crippen molar-refractivity contribution < 1.29 is 23.9 Å². The summed E-state index contributed by atoms with van der Waals surface area (Å²) >= 11 is 0. The molecule has 0 spiro atoms. The average Bonchev–Trinajstić information content (AvgIpc) is 2.86. The van der Waals surface area contributed by atoms with Gasteiger partial charge in [-0.1, -0.05) is 30.3 Å². The number of likely N-dealkylation sites (tertiary alicyclic amines) is 1. The van der Waals surface area contributed by atoms with Crippen molar-refractivity contribution in [2.75, 3.05) is 0 Å². The molecule has 2 rings (SSSR count). The maximum absolute atomic E-state index is 12.0. The van der Waals surface area contributed by atoms with E-state index in [9.17, 15) is 19.2 Å². The molecule has 21 heavy (non-hydrogen) atoms. The number of hydrogen-bond acceptors (Lipinski definition) is 5. The number of nitrogens with zero attached hydrogens (tertiary/aromatic N) is 1. The highest BCUT2D eigenvalue weighted by molar-refractivity contribution is 6.38. The van der Waals surface area contributed by atoms with Crippen LogP contribution in [0.3, 0.4) is 0 Å². The van der Waals surface area contributed by atoms with Crippen LogP contribution in [0.1, 0.15) is 25.3 Å². The molecule has 0 N–H and O–H groups in total. The molecule has 1 aliphatic heterocycles. The molecule has 0 radical (unpaired) electrons. The molecule has 1 aromatic carbocycles. The molecule has 1 atom stereocenters. The van der Waals surface area contributed by atoms with E-state index in [4.69, 9.17) is 4.74 Å². The number of ether oxygens (including phenoxy) is 1. The number of ketones is 1. The number of hydrogen-bond donors (Lipinski definition) is 0. The Morgan fingerprint density at radius 3 is 2.52 bits per heavy atom. The zero-order valence-corrected chi connectivity index (χ0v) is 11.6. The molecule has 0 aromatic heterocycles. The number of esters is 1. The summed E-state index contributed by atoms with van der Waals surface area (Å²) < 4.78 is 5.12. The Bertz CT molecular complexity index is 581. The van der Waals surface area contributed by atoms with Gasteiger partial charge in [0.15, 0.2) is 0 Å². The highest BCUT2D eigenvalue weighted by Gasteiger charge is 2.42. The summed E-state index contributed by atoms with van der Waals surface area (Å²) in [6, 6.07) is 8.06. The first-order valence-electron chi connectivity index (χ1n) is 6.58. The quantitative estimate of drug-likeness (QED) is 0.606. The summed E-state index contributed by atoms with van der Waals surface area (Å²) in [5.74, 6) is -2.92. The SMILES string of the molecule is CC(=O)C(=O)N1C(=O)CCC1C(=O)OCc1ccccc1. The van der Waals surface area contributed by atoms with E-state index in [2.05, 4.69) is 0 Å². The van der Waals surface area contributed by atoms with Crippen molar-refractivity contribution in [1.82, 2.24) is 4.90 Å². The molecule has 6 nitrogen and oxygen atoms in total. The average molecular weight is 289 g/mol. The first-order chi connectivity index (χ1) is 10.0. The minimum Gasteiger partial charge on any atom is -0.459 e. The van der Waals surface area contributed by atoms with Gasteiger partial charge >= 0.3 is 5.97 Å². The fourth-order valence-corrected chi connectivity index (χ4v) is 2.16. The first kappa shape index (κ1) is 14.9. The van der Waals surface area contributed by atoms with Gasteiger partial charge in [0.1, 0.15) is 12.6 Å². The number of carbonyl (C=O) groups excluding carboxylic acids is 4. The number of Topliss-reactive ketones (excluding diaryl/α,β-unsaturated/α-hetero) is 1. The molecular formula is C15H15NO5. The van der Waals surface area contributed by atoms with Crippen LogP contribution in [-0.2, 0) is 30.5 Å². The summed E-state index contributed by atoms with van der Waals surface area (Å²) in [5, 5.41) is 0. The molecule has 2 amide bonds. The Kier molecular flexibility index (Phi) is 4.47. The van der Waals surface area contributed by atoms with Gasteiger partial charge in [0, 0.05) is 13.3 Å². The topological polar surface area (TPSA) is 80.8 Å². The van der Waals surface area contributed by atoms with Crippen molar-refractivity contribution in [2.24, 2.45) is 0 Å². The van der Waals surface area contributed by atoms with Crippen molar-refractivity contribution in [3.05, 3.63) is 35.9 Å². The third kappa shape index (κ3) is 3.34. The first-order valence-corrected chi connectivity index (χ1v) is 6.58. The van der Waals surface area contributed by atoms with Gasteiger partial charge < -0.3 is 4.74 Å². The zero-order chi connectivity index (χ0) is 15.4. The maximum atomic E-state index is 12.0. The summed E-state index contributed by atoms with van der Waals surface area (Å²) in [6.45, 7) is 1.13. The summed E-state index contributed by atoms with van der Waals surface area (Å²) in [4.78, 5) is 47.2. The van der Waals surface area contributed by atoms with Crippen LogP contribution in [0.4, 0.5) is 0 Å². The van der Waals surface area contributed by atoms with Crippen LogP contribution in [0.15, 0.2) is 30.3 Å². The van der Waals surface area contributed by atoms with Crippen molar-refractivity contribution in [1.29, 1.82) is 0 Å². The molecule has 110 valence electrons. The van der Waals surface area contributed by atoms with E-state index in [0.29, 0.717) is 0 Å². The van der Waals surface area contributed by atoms with Gasteiger partial charge in [0.2, 0.25) is 11.7 Å². The lowest BCUT2D eigenvalue weighted by Crippen LogP contribution is -2.46. The summed E-state index contributed by atoms with van der Waals surface area (Å²) in [5.41, 5.74) is 0.805. The van der Waals surface area contributed by atoms with Gasteiger partial charge in [0.25, 0.3) is 5.91 Å². The summed E-state index contributed by atoms with van der Waals surface area (Å²) in [7, 11) is 0. The van der Waals surface area contributed by atoms with E-state index in [1.807, 2.05) is 18.2 Å². The molecule has 0 bridgehead atoms. The second kappa shape index (κ2) is 6.30. The third-order valence-electron chi connectivity index (χ3n) is 3.23. The molecule has 6 heteroatoms. The lowest BCUT2D eigenvalue weighted by molar-refractivity contribution is -0.160. The van der Waals surface area contributed by atoms with Crippen LogP contribution in [0.5, 0.6) is 0 Å². The highest BCUT2D eigenvalue weighted by Crippen LogP contribution is 2.21. The lowest BCUT2D eigenvalue weighted by Gasteiger charge is -2.20. The Morgan fingerprint density at radius 2 is 1.90 bits per heavy atom. The Balaban J connectivity index is 2.02. The monoisotopic (exact) mass is 289 g/mol. The van der Waals surface area contributed by atoms with E-state index in [1.165, 1.54) is 0 Å². The number of benzene rings is 1. The fourth-order valence-electron chi connectivity index (χ4n) is 2.16. The second-order valence-corrected chi connectivity index (χ2v) is 4.77. The second-order valence-electron chi connectivity index (χ2n) is 4.77. The highest BCUT2D eigenvalue weighted by atomic mass is 16.5. The maximum Gasteiger partial charge on any atom is 0.329 e. The van der Waals surface area contributed by atoms with E-state index < -0.39 is 29.6 Å². The van der Waals surface area contributed by atoms with Gasteiger partial charge in [-0.05, 0) is 12.0 Å². The van der Waals surface area contributed by atoms with Gasteiger partial charge in [-0.25, -0.2) is 4.79 Å². The van der Waals surface area contributed by atoms with Crippen LogP contribution in [-0.4, -0.2) is 34.5 Å². The molecule has 1 aromatic rings. The Morgan fingerprint density at radius 1 is 1.24 bits per heavy atom. The van der Waals surface area contributed by atoms with E-state index >= 15 is 0 Å². The number of imide groups is 1. The molecule has 1 heterocycles. The molecule has 1 saturated heterocycles. The number of carbonyl (C=O) groups is 4. The predicted molar refractivity (Wildman–Crippen MR) is 71.8 cm³/mol. The number of amides is 2. The minimum absolute atomic E-state index is 0.0596. The van der Waals surface area contributed by atoms with Crippen LogP contribution in [0, 0.1) is 0 Å². The molecular weight excluding hydrogens is 274 g/mol. The molecule has 1 aliphatic rings.